The van der Waals surface area contributed by atoms with E-state index in [1.807, 2.05) is 32.9 Å². The number of hydrogen-bond donors (Lipinski definition) is 2. The second-order valence-electron chi connectivity index (χ2n) is 4.53. The molecular weight excluding hydrogens is 289 g/mol. The van der Waals surface area contributed by atoms with Gasteiger partial charge in [0.2, 0.25) is 0 Å². The topological polar surface area (TPSA) is 90.2 Å². The van der Waals surface area contributed by atoms with E-state index >= 15 is 0 Å². The van der Waals surface area contributed by atoms with Crippen molar-refractivity contribution in [1.82, 2.24) is 9.97 Å². The normalized spacial score (nSPS) is 11.4. The maximum Gasteiger partial charge on any atom is 0.284 e. The summed E-state index contributed by atoms with van der Waals surface area (Å²) in [5.74, 6) is -0.388. The van der Waals surface area contributed by atoms with E-state index in [2.05, 4.69) is 9.97 Å². The van der Waals surface area contributed by atoms with Crippen LogP contribution in [0.1, 0.15) is 35.6 Å². The number of rotatable bonds is 7. The number of aromatic nitrogens is 2. The van der Waals surface area contributed by atoms with Crippen LogP contribution in [0.3, 0.4) is 0 Å². The Labute approximate surface area is 124 Å². The van der Waals surface area contributed by atoms with Crippen molar-refractivity contribution in [1.29, 1.82) is 0 Å². The number of benzene rings is 1. The quantitative estimate of drug-likeness (QED) is 0.769. The van der Waals surface area contributed by atoms with E-state index in [9.17, 15) is 4.79 Å². The van der Waals surface area contributed by atoms with Crippen molar-refractivity contribution in [2.75, 3.05) is 13.2 Å². The summed E-state index contributed by atoms with van der Waals surface area (Å²) < 4.78 is 11.3. The Hall–Kier alpha value is -1.49. The van der Waals surface area contributed by atoms with Crippen molar-refractivity contribution in [3.63, 3.8) is 0 Å². The molecule has 0 aliphatic rings. The van der Waals surface area contributed by atoms with E-state index in [0.29, 0.717) is 19.4 Å². The first-order valence-electron chi connectivity index (χ1n) is 6.88. The van der Waals surface area contributed by atoms with Crippen LogP contribution in [0, 0.1) is 6.92 Å². The lowest BCUT2D eigenvalue weighted by Gasteiger charge is -2.17. The molecule has 0 saturated carbocycles. The number of nitrogens with two attached hydrogens (primary N) is 1. The van der Waals surface area contributed by atoms with Crippen LogP contribution in [-0.4, -0.2) is 29.1 Å². The molecule has 0 spiro atoms. The Morgan fingerprint density at radius 3 is 2.57 bits per heavy atom. The summed E-state index contributed by atoms with van der Waals surface area (Å²) in [4.78, 5) is 18.5. The first kappa shape index (κ1) is 15.9. The van der Waals surface area contributed by atoms with Gasteiger partial charge in [0, 0.05) is 6.16 Å². The Bertz CT molecular complexity index is 636. The zero-order valence-electron chi connectivity index (χ0n) is 12.5. The second kappa shape index (κ2) is 6.98. The molecule has 21 heavy (non-hydrogen) atoms. The van der Waals surface area contributed by atoms with Crippen LogP contribution >= 0.6 is 8.38 Å². The highest BCUT2D eigenvalue weighted by Crippen LogP contribution is 2.43. The number of carbonyl (C=O) groups excluding carboxylic acids is 1. The van der Waals surface area contributed by atoms with Crippen LogP contribution in [0.4, 0.5) is 0 Å². The van der Waals surface area contributed by atoms with E-state index in [4.69, 9.17) is 14.8 Å². The number of aryl methyl sites for hydroxylation is 1. The SMILES string of the molecule is CCOP(Cc1c(C)ccc2[nH]c(C(N)=O)nc12)OCC. The first-order chi connectivity index (χ1) is 10.1. The summed E-state index contributed by atoms with van der Waals surface area (Å²) in [5.41, 5.74) is 8.97. The van der Waals surface area contributed by atoms with Gasteiger partial charge < -0.3 is 19.8 Å². The fraction of sp³-hybridized carbons (Fsp3) is 0.429. The molecule has 0 fully saturated rings. The average Bonchev–Trinajstić information content (AvgIpc) is 2.87. The van der Waals surface area contributed by atoms with Crippen molar-refractivity contribution in [2.45, 2.75) is 26.9 Å². The number of fused-ring (bicyclic) bond motifs is 1. The summed E-state index contributed by atoms with van der Waals surface area (Å²) in [6.45, 7) is 7.11. The molecule has 7 heteroatoms. The smallest absolute Gasteiger partial charge is 0.284 e. The lowest BCUT2D eigenvalue weighted by atomic mass is 10.1. The standard InChI is InChI=1S/C14H20N3O3P/c1-4-19-21(20-5-2)8-10-9(3)6-7-11-12(10)17-14(16-11)13(15)18/h6-7H,4-5,8H2,1-3H3,(H2,15,18)(H,16,17). The minimum absolute atomic E-state index is 0.175. The van der Waals surface area contributed by atoms with Gasteiger partial charge in [0.15, 0.2) is 14.2 Å². The molecule has 0 radical (unpaired) electrons. The molecule has 2 rings (SSSR count). The number of carbonyl (C=O) groups is 1. The molecule has 0 unspecified atom stereocenters. The van der Waals surface area contributed by atoms with Crippen LogP contribution in [0.5, 0.6) is 0 Å². The molecule has 0 atom stereocenters. The third kappa shape index (κ3) is 3.59. The number of aromatic amines is 1. The third-order valence-corrected chi connectivity index (χ3v) is 4.73. The fourth-order valence-electron chi connectivity index (χ4n) is 2.09. The summed E-state index contributed by atoms with van der Waals surface area (Å²) >= 11 is 0. The van der Waals surface area contributed by atoms with Gasteiger partial charge in [-0.1, -0.05) is 6.07 Å². The van der Waals surface area contributed by atoms with Gasteiger partial charge in [0.05, 0.1) is 24.2 Å². The zero-order chi connectivity index (χ0) is 15.4. The minimum Gasteiger partial charge on any atom is -0.363 e. The highest BCUT2D eigenvalue weighted by Gasteiger charge is 2.18. The molecule has 1 aromatic carbocycles. The van der Waals surface area contributed by atoms with E-state index in [1.165, 1.54) is 0 Å². The molecule has 0 bridgehead atoms. The lowest BCUT2D eigenvalue weighted by Crippen LogP contribution is -2.12. The monoisotopic (exact) mass is 309 g/mol. The zero-order valence-corrected chi connectivity index (χ0v) is 13.4. The van der Waals surface area contributed by atoms with Crippen LogP contribution in [0.25, 0.3) is 11.0 Å². The largest absolute Gasteiger partial charge is 0.363 e. The molecule has 6 nitrogen and oxygen atoms in total. The number of H-pyrrole nitrogens is 1. The van der Waals surface area contributed by atoms with Gasteiger partial charge in [-0.15, -0.1) is 0 Å². The van der Waals surface area contributed by atoms with E-state index in [1.54, 1.807) is 0 Å². The van der Waals surface area contributed by atoms with E-state index < -0.39 is 14.3 Å². The van der Waals surface area contributed by atoms with Gasteiger partial charge in [-0.2, -0.15) is 0 Å². The van der Waals surface area contributed by atoms with Gasteiger partial charge >= 0.3 is 0 Å². The first-order valence-corrected chi connectivity index (χ1v) is 8.24. The second-order valence-corrected chi connectivity index (χ2v) is 6.03. The minimum atomic E-state index is -1.00. The molecule has 1 amide bonds. The van der Waals surface area contributed by atoms with E-state index in [0.717, 1.165) is 22.2 Å². The van der Waals surface area contributed by atoms with Crippen molar-refractivity contribution < 1.29 is 13.8 Å². The van der Waals surface area contributed by atoms with Crippen LogP contribution in [0.15, 0.2) is 12.1 Å². The van der Waals surface area contributed by atoms with Crippen LogP contribution in [-0.2, 0) is 15.2 Å². The Morgan fingerprint density at radius 2 is 2.00 bits per heavy atom. The summed E-state index contributed by atoms with van der Waals surface area (Å²) in [5, 5.41) is 0. The molecule has 114 valence electrons. The summed E-state index contributed by atoms with van der Waals surface area (Å²) in [7, 11) is -1.00. The number of nitrogens with zero attached hydrogens (tertiary/aromatic N) is 1. The molecule has 0 aliphatic carbocycles. The predicted octanol–water partition coefficient (Wildman–Crippen LogP) is 2.86. The molecule has 3 N–H and O–H groups in total. The number of primary amides is 1. The molecule has 1 heterocycles. The molecule has 0 saturated heterocycles. The number of hydrogen-bond acceptors (Lipinski definition) is 4. The number of nitrogens with one attached hydrogen (secondary N) is 1. The molecule has 0 aliphatic heterocycles. The lowest BCUT2D eigenvalue weighted by molar-refractivity contribution is 0.0991. The van der Waals surface area contributed by atoms with Crippen molar-refractivity contribution in [3.8, 4) is 0 Å². The average molecular weight is 309 g/mol. The fourth-order valence-corrected chi connectivity index (χ4v) is 3.59. The third-order valence-electron chi connectivity index (χ3n) is 3.06. The maximum absolute atomic E-state index is 11.3. The summed E-state index contributed by atoms with van der Waals surface area (Å²) in [6, 6.07) is 3.89. The van der Waals surface area contributed by atoms with Gasteiger partial charge in [-0.3, -0.25) is 4.79 Å². The van der Waals surface area contributed by atoms with E-state index in [-0.39, 0.29) is 5.82 Å². The van der Waals surface area contributed by atoms with Gasteiger partial charge in [-0.25, -0.2) is 4.98 Å². The van der Waals surface area contributed by atoms with Gasteiger partial charge in [0.25, 0.3) is 5.91 Å². The van der Waals surface area contributed by atoms with Crippen molar-refractivity contribution in [3.05, 3.63) is 29.1 Å². The number of amides is 1. The van der Waals surface area contributed by atoms with Crippen LogP contribution in [0.2, 0.25) is 0 Å². The van der Waals surface area contributed by atoms with Gasteiger partial charge in [0.1, 0.15) is 0 Å². The Morgan fingerprint density at radius 1 is 1.33 bits per heavy atom. The molecule has 1 aromatic heterocycles. The number of imidazole rings is 1. The predicted molar refractivity (Wildman–Crippen MR) is 83.2 cm³/mol. The Balaban J connectivity index is 2.40. The Kier molecular flexibility index (Phi) is 5.28. The highest BCUT2D eigenvalue weighted by molar-refractivity contribution is 7.46. The summed E-state index contributed by atoms with van der Waals surface area (Å²) in [6.07, 6.45) is 0.642. The molecule has 2 aromatic rings. The van der Waals surface area contributed by atoms with Crippen molar-refractivity contribution in [2.24, 2.45) is 5.73 Å². The van der Waals surface area contributed by atoms with Crippen molar-refractivity contribution >= 4 is 25.3 Å². The highest BCUT2D eigenvalue weighted by atomic mass is 31.2. The van der Waals surface area contributed by atoms with Crippen LogP contribution < -0.4 is 5.73 Å². The van der Waals surface area contributed by atoms with Gasteiger partial charge in [-0.05, 0) is 38.0 Å². The molecular formula is C14H20N3O3P. The maximum atomic E-state index is 11.3.